The molecular formula is C13H20N2S2. The molecule has 0 aliphatic carbocycles. The Hall–Kier alpha value is -0.190. The minimum absolute atomic E-state index is 0.450. The quantitative estimate of drug-likeness (QED) is 0.907. The molecule has 0 bridgehead atoms. The molecule has 0 aromatic carbocycles. The molecule has 1 aliphatic rings. The maximum absolute atomic E-state index is 4.29. The molecule has 4 heteroatoms. The second-order valence-corrected chi connectivity index (χ2v) is 6.75. The van der Waals surface area contributed by atoms with Crippen LogP contribution < -0.4 is 5.32 Å². The van der Waals surface area contributed by atoms with Gasteiger partial charge in [0.25, 0.3) is 0 Å². The summed E-state index contributed by atoms with van der Waals surface area (Å²) in [5.74, 6) is 3.82. The number of rotatable bonds is 4. The summed E-state index contributed by atoms with van der Waals surface area (Å²) in [7, 11) is 0. The second kappa shape index (κ2) is 6.66. The molecule has 1 aromatic heterocycles. The van der Waals surface area contributed by atoms with Crippen LogP contribution in [0.5, 0.6) is 0 Å². The Bertz CT molecular complexity index is 351. The molecule has 2 rings (SSSR count). The van der Waals surface area contributed by atoms with Crippen LogP contribution in [-0.4, -0.2) is 34.0 Å². The van der Waals surface area contributed by atoms with Gasteiger partial charge < -0.3 is 5.32 Å². The predicted octanol–water partition coefficient (Wildman–Crippen LogP) is 2.89. The molecule has 2 heterocycles. The number of hydrogen-bond acceptors (Lipinski definition) is 4. The van der Waals surface area contributed by atoms with Gasteiger partial charge in [-0.1, -0.05) is 6.92 Å². The van der Waals surface area contributed by atoms with Gasteiger partial charge in [0.15, 0.2) is 0 Å². The highest BCUT2D eigenvalue weighted by Crippen LogP contribution is 2.34. The summed E-state index contributed by atoms with van der Waals surface area (Å²) in [5, 5.41) is 4.31. The van der Waals surface area contributed by atoms with Gasteiger partial charge in [-0.3, -0.25) is 4.98 Å². The Morgan fingerprint density at radius 1 is 1.53 bits per heavy atom. The summed E-state index contributed by atoms with van der Waals surface area (Å²) >= 11 is 4.18. The number of hydrogen-bond donors (Lipinski definition) is 1. The monoisotopic (exact) mass is 268 g/mol. The molecule has 1 aromatic rings. The van der Waals surface area contributed by atoms with E-state index in [0.29, 0.717) is 11.3 Å². The molecule has 1 saturated heterocycles. The van der Waals surface area contributed by atoms with E-state index >= 15 is 0 Å². The van der Waals surface area contributed by atoms with Crippen molar-refractivity contribution in [3.05, 3.63) is 29.6 Å². The molecule has 0 radical (unpaired) electrons. The van der Waals surface area contributed by atoms with Crippen molar-refractivity contribution < 1.29 is 0 Å². The first-order valence-electron chi connectivity index (χ1n) is 6.16. The highest BCUT2D eigenvalue weighted by Gasteiger charge is 2.26. The van der Waals surface area contributed by atoms with Crippen molar-refractivity contribution in [3.63, 3.8) is 0 Å². The molecular weight excluding hydrogens is 248 g/mol. The fourth-order valence-corrected chi connectivity index (χ4v) is 5.02. The van der Waals surface area contributed by atoms with Crippen LogP contribution in [0.15, 0.2) is 18.5 Å². The SMILES string of the molecule is CCNC(c1cnccc1C)C1CSCCS1. The topological polar surface area (TPSA) is 24.9 Å². The van der Waals surface area contributed by atoms with Crippen LogP contribution in [0.2, 0.25) is 0 Å². The maximum Gasteiger partial charge on any atom is 0.0466 e. The summed E-state index contributed by atoms with van der Waals surface area (Å²) in [6, 6.07) is 2.56. The third-order valence-corrected chi connectivity index (χ3v) is 5.92. The normalized spacial score (nSPS) is 22.4. The molecule has 1 N–H and O–H groups in total. The third-order valence-electron chi connectivity index (χ3n) is 3.05. The van der Waals surface area contributed by atoms with Crippen molar-refractivity contribution in [2.24, 2.45) is 0 Å². The summed E-state index contributed by atoms with van der Waals surface area (Å²) in [6.07, 6.45) is 3.91. The Balaban J connectivity index is 2.18. The van der Waals surface area contributed by atoms with Crippen LogP contribution in [0.4, 0.5) is 0 Å². The van der Waals surface area contributed by atoms with Crippen LogP contribution in [-0.2, 0) is 0 Å². The summed E-state index contributed by atoms with van der Waals surface area (Å²) in [6.45, 7) is 5.38. The van der Waals surface area contributed by atoms with Gasteiger partial charge in [-0.25, -0.2) is 0 Å². The second-order valence-electron chi connectivity index (χ2n) is 4.25. The first-order valence-corrected chi connectivity index (χ1v) is 8.36. The number of nitrogens with zero attached hydrogens (tertiary/aromatic N) is 1. The third kappa shape index (κ3) is 3.39. The van der Waals surface area contributed by atoms with Crippen molar-refractivity contribution >= 4 is 23.5 Å². The highest BCUT2D eigenvalue weighted by molar-refractivity contribution is 8.06. The lowest BCUT2D eigenvalue weighted by molar-refractivity contribution is 0.546. The molecule has 0 amide bonds. The zero-order valence-electron chi connectivity index (χ0n) is 10.5. The highest BCUT2D eigenvalue weighted by atomic mass is 32.2. The van der Waals surface area contributed by atoms with Gasteiger partial charge in [0, 0.05) is 40.9 Å². The largest absolute Gasteiger partial charge is 0.309 e. The van der Waals surface area contributed by atoms with Gasteiger partial charge in [-0.05, 0) is 30.7 Å². The Labute approximate surface area is 112 Å². The average Bonchev–Trinajstić information content (AvgIpc) is 2.38. The van der Waals surface area contributed by atoms with Crippen LogP contribution in [0.1, 0.15) is 24.1 Å². The number of thioether (sulfide) groups is 2. The summed E-state index contributed by atoms with van der Waals surface area (Å²) in [5.41, 5.74) is 2.72. The van der Waals surface area contributed by atoms with Gasteiger partial charge >= 0.3 is 0 Å². The van der Waals surface area contributed by atoms with Crippen molar-refractivity contribution in [2.75, 3.05) is 23.8 Å². The molecule has 1 aliphatic heterocycles. The van der Waals surface area contributed by atoms with Crippen LogP contribution in [0.25, 0.3) is 0 Å². The molecule has 0 saturated carbocycles. The van der Waals surface area contributed by atoms with Crippen molar-refractivity contribution in [3.8, 4) is 0 Å². The molecule has 2 nitrogen and oxygen atoms in total. The minimum atomic E-state index is 0.450. The van der Waals surface area contributed by atoms with Gasteiger partial charge in [0.1, 0.15) is 0 Å². The number of aryl methyl sites for hydroxylation is 1. The first-order chi connectivity index (χ1) is 8.33. The lowest BCUT2D eigenvalue weighted by Crippen LogP contribution is -2.34. The zero-order chi connectivity index (χ0) is 12.1. The van der Waals surface area contributed by atoms with Crippen LogP contribution in [0.3, 0.4) is 0 Å². The first kappa shape index (κ1) is 13.2. The average molecular weight is 268 g/mol. The number of aromatic nitrogens is 1. The van der Waals surface area contributed by atoms with E-state index in [9.17, 15) is 0 Å². The smallest absolute Gasteiger partial charge is 0.0466 e. The van der Waals surface area contributed by atoms with Crippen molar-refractivity contribution in [2.45, 2.75) is 25.1 Å². The van der Waals surface area contributed by atoms with Crippen molar-refractivity contribution in [1.29, 1.82) is 0 Å². The van der Waals surface area contributed by atoms with E-state index in [2.05, 4.69) is 53.7 Å². The standard InChI is InChI=1S/C13H20N2S2/c1-3-15-13(12-9-16-6-7-17-12)11-8-14-5-4-10(11)2/h4-5,8,12-13,15H,3,6-7,9H2,1-2H3. The van der Waals surface area contributed by atoms with Crippen LogP contribution in [0, 0.1) is 6.92 Å². The lowest BCUT2D eigenvalue weighted by atomic mass is 10.0. The van der Waals surface area contributed by atoms with E-state index in [0.717, 1.165) is 6.54 Å². The molecule has 2 unspecified atom stereocenters. The lowest BCUT2D eigenvalue weighted by Gasteiger charge is -2.31. The van der Waals surface area contributed by atoms with E-state index in [4.69, 9.17) is 0 Å². The fourth-order valence-electron chi connectivity index (χ4n) is 2.16. The minimum Gasteiger partial charge on any atom is -0.309 e. The molecule has 94 valence electrons. The van der Waals surface area contributed by atoms with E-state index < -0.39 is 0 Å². The Morgan fingerprint density at radius 3 is 3.06 bits per heavy atom. The van der Waals surface area contributed by atoms with Gasteiger partial charge in [0.2, 0.25) is 0 Å². The number of nitrogens with one attached hydrogen (secondary N) is 1. The van der Waals surface area contributed by atoms with Crippen molar-refractivity contribution in [1.82, 2.24) is 10.3 Å². The molecule has 17 heavy (non-hydrogen) atoms. The summed E-state index contributed by atoms with van der Waals surface area (Å²) < 4.78 is 0. The zero-order valence-corrected chi connectivity index (χ0v) is 12.1. The van der Waals surface area contributed by atoms with Crippen LogP contribution >= 0.6 is 23.5 Å². The van der Waals surface area contributed by atoms with Gasteiger partial charge in [-0.2, -0.15) is 23.5 Å². The van der Waals surface area contributed by atoms with Gasteiger partial charge in [-0.15, -0.1) is 0 Å². The maximum atomic E-state index is 4.29. The van der Waals surface area contributed by atoms with E-state index in [1.165, 1.54) is 28.4 Å². The summed E-state index contributed by atoms with van der Waals surface area (Å²) in [4.78, 5) is 4.29. The van der Waals surface area contributed by atoms with E-state index in [1.54, 1.807) is 0 Å². The Morgan fingerprint density at radius 2 is 2.41 bits per heavy atom. The number of pyridine rings is 1. The molecule has 2 atom stereocenters. The molecule has 0 spiro atoms. The van der Waals surface area contributed by atoms with Gasteiger partial charge in [0.05, 0.1) is 0 Å². The van der Waals surface area contributed by atoms with E-state index in [-0.39, 0.29) is 0 Å². The predicted molar refractivity (Wildman–Crippen MR) is 79.0 cm³/mol. The molecule has 1 fully saturated rings. The van der Waals surface area contributed by atoms with E-state index in [1.807, 2.05) is 12.4 Å². The fraction of sp³-hybridized carbons (Fsp3) is 0.615. The Kier molecular flexibility index (Phi) is 5.19.